The molecule has 4 nitrogen and oxygen atoms in total. The van der Waals surface area contributed by atoms with Crippen molar-refractivity contribution in [3.63, 3.8) is 0 Å². The van der Waals surface area contributed by atoms with Crippen molar-refractivity contribution in [2.45, 2.75) is 0 Å². The first-order chi connectivity index (χ1) is 25.8. The Morgan fingerprint density at radius 2 is 0.827 bits per heavy atom. The molecular weight excluding hydrogens is 633 g/mol. The molecule has 0 atom stereocenters. The minimum Gasteiger partial charge on any atom is -0.264 e. The third-order valence-electron chi connectivity index (χ3n) is 10.0. The molecule has 242 valence electrons. The van der Waals surface area contributed by atoms with E-state index < -0.39 is 0 Å². The molecule has 0 unspecified atom stereocenters. The van der Waals surface area contributed by atoms with Gasteiger partial charge >= 0.3 is 0 Å². The quantitative estimate of drug-likeness (QED) is 0.166. The molecule has 0 N–H and O–H groups in total. The maximum atomic E-state index is 5.12. The maximum Gasteiger partial charge on any atom is 0.164 e. The summed E-state index contributed by atoms with van der Waals surface area (Å²) in [5.41, 5.74) is 9.46. The van der Waals surface area contributed by atoms with E-state index in [0.29, 0.717) is 17.5 Å². The Bertz CT molecular complexity index is 2850. The van der Waals surface area contributed by atoms with Crippen LogP contribution in [0.3, 0.4) is 0 Å². The summed E-state index contributed by atoms with van der Waals surface area (Å²) >= 11 is 0. The number of hydrogen-bond donors (Lipinski definition) is 0. The molecule has 0 bridgehead atoms. The van der Waals surface area contributed by atoms with E-state index in [1.165, 1.54) is 43.4 Å². The molecule has 0 radical (unpaired) electrons. The van der Waals surface area contributed by atoms with Gasteiger partial charge in [-0.2, -0.15) is 0 Å². The first-order valence-electron chi connectivity index (χ1n) is 17.5. The van der Waals surface area contributed by atoms with E-state index >= 15 is 0 Å². The molecule has 52 heavy (non-hydrogen) atoms. The molecule has 10 rings (SSSR count). The third-order valence-corrected chi connectivity index (χ3v) is 10.0. The van der Waals surface area contributed by atoms with Crippen LogP contribution in [-0.4, -0.2) is 19.9 Å². The second kappa shape index (κ2) is 12.4. The Balaban J connectivity index is 1.10. The predicted molar refractivity (Wildman–Crippen MR) is 214 cm³/mol. The van der Waals surface area contributed by atoms with Crippen LogP contribution in [0.1, 0.15) is 0 Å². The molecule has 0 saturated heterocycles. The van der Waals surface area contributed by atoms with Crippen LogP contribution in [0, 0.1) is 0 Å². The Morgan fingerprint density at radius 1 is 0.288 bits per heavy atom. The molecule has 2 heterocycles. The Hall–Kier alpha value is -7.04. The van der Waals surface area contributed by atoms with E-state index in [4.69, 9.17) is 15.0 Å². The van der Waals surface area contributed by atoms with E-state index in [2.05, 4.69) is 151 Å². The molecule has 0 aliphatic heterocycles. The summed E-state index contributed by atoms with van der Waals surface area (Å²) in [6, 6.07) is 59.7. The second-order valence-electron chi connectivity index (χ2n) is 13.1. The van der Waals surface area contributed by atoms with Crippen LogP contribution < -0.4 is 0 Å². The van der Waals surface area contributed by atoms with Crippen molar-refractivity contribution in [2.24, 2.45) is 0 Å². The lowest BCUT2D eigenvalue weighted by molar-refractivity contribution is 1.07. The normalized spacial score (nSPS) is 11.5. The van der Waals surface area contributed by atoms with Crippen LogP contribution in [0.5, 0.6) is 0 Å². The summed E-state index contributed by atoms with van der Waals surface area (Å²) in [6.45, 7) is 0. The number of pyridine rings is 1. The fraction of sp³-hybridized carbons (Fsp3) is 0. The topological polar surface area (TPSA) is 51.6 Å². The van der Waals surface area contributed by atoms with E-state index in [9.17, 15) is 0 Å². The summed E-state index contributed by atoms with van der Waals surface area (Å²) in [6.07, 6.45) is 3.67. The van der Waals surface area contributed by atoms with Gasteiger partial charge in [0.15, 0.2) is 17.5 Å². The fourth-order valence-electron chi connectivity index (χ4n) is 7.43. The van der Waals surface area contributed by atoms with Crippen molar-refractivity contribution < 1.29 is 0 Å². The summed E-state index contributed by atoms with van der Waals surface area (Å²) in [7, 11) is 0. The van der Waals surface area contributed by atoms with Gasteiger partial charge in [0.25, 0.3) is 0 Å². The van der Waals surface area contributed by atoms with Crippen LogP contribution in [0.15, 0.2) is 182 Å². The van der Waals surface area contributed by atoms with Gasteiger partial charge in [-0.25, -0.2) is 15.0 Å². The number of hydrogen-bond acceptors (Lipinski definition) is 4. The van der Waals surface area contributed by atoms with Crippen LogP contribution in [0.4, 0.5) is 0 Å². The highest BCUT2D eigenvalue weighted by atomic mass is 15.0. The number of rotatable bonds is 6. The number of benzene rings is 8. The van der Waals surface area contributed by atoms with Gasteiger partial charge in [0, 0.05) is 34.6 Å². The lowest BCUT2D eigenvalue weighted by Crippen LogP contribution is -2.01. The van der Waals surface area contributed by atoms with Gasteiger partial charge < -0.3 is 0 Å². The van der Waals surface area contributed by atoms with Crippen molar-refractivity contribution in [3.8, 4) is 67.5 Å². The number of nitrogens with zero attached hydrogens (tertiary/aromatic N) is 4. The molecule has 0 fully saturated rings. The highest BCUT2D eigenvalue weighted by Gasteiger charge is 2.17. The third kappa shape index (κ3) is 5.17. The standard InChI is InChI=1S/C48H30N4/c1-2-8-31(9-3-1)32-15-21-37(22-16-32)46-50-47(52-48(51-46)43-14-5-4-13-40(43)39-12-7-29-49-30-39)38-23-17-33(18-24-38)41-27-25-36-20-19-34-10-6-11-35-26-28-42(41)45(36)44(34)35/h1-30H. The van der Waals surface area contributed by atoms with E-state index in [1.807, 2.05) is 30.5 Å². The first-order valence-corrected chi connectivity index (χ1v) is 17.5. The van der Waals surface area contributed by atoms with E-state index in [0.717, 1.165) is 38.9 Å². The molecule has 0 aliphatic carbocycles. The molecule has 0 amide bonds. The number of aromatic nitrogens is 4. The van der Waals surface area contributed by atoms with Crippen molar-refractivity contribution in [3.05, 3.63) is 182 Å². The average molecular weight is 663 g/mol. The molecule has 8 aromatic carbocycles. The molecule has 2 aromatic heterocycles. The largest absolute Gasteiger partial charge is 0.264 e. The van der Waals surface area contributed by atoms with Gasteiger partial charge in [-0.05, 0) is 66.2 Å². The first kappa shape index (κ1) is 29.8. The summed E-state index contributed by atoms with van der Waals surface area (Å²) in [4.78, 5) is 19.7. The fourth-order valence-corrected chi connectivity index (χ4v) is 7.43. The summed E-state index contributed by atoms with van der Waals surface area (Å²) in [5, 5.41) is 7.69. The highest BCUT2D eigenvalue weighted by molar-refractivity contribution is 6.25. The molecular formula is C48H30N4. The lowest BCUT2D eigenvalue weighted by atomic mass is 9.90. The molecule has 10 aromatic rings. The van der Waals surface area contributed by atoms with Crippen LogP contribution in [-0.2, 0) is 0 Å². The minimum atomic E-state index is 0.613. The van der Waals surface area contributed by atoms with Crippen molar-refractivity contribution in [1.29, 1.82) is 0 Å². The van der Waals surface area contributed by atoms with Gasteiger partial charge in [0.1, 0.15) is 0 Å². The zero-order valence-electron chi connectivity index (χ0n) is 28.1. The molecule has 0 saturated carbocycles. The van der Waals surface area contributed by atoms with Crippen molar-refractivity contribution in [1.82, 2.24) is 19.9 Å². The Kier molecular flexibility index (Phi) is 7.10. The van der Waals surface area contributed by atoms with E-state index in [1.54, 1.807) is 6.20 Å². The second-order valence-corrected chi connectivity index (χ2v) is 13.1. The van der Waals surface area contributed by atoms with E-state index in [-0.39, 0.29) is 0 Å². The van der Waals surface area contributed by atoms with Crippen LogP contribution >= 0.6 is 0 Å². The van der Waals surface area contributed by atoms with Gasteiger partial charge in [-0.1, -0.05) is 164 Å². The molecule has 0 aliphatic rings. The van der Waals surface area contributed by atoms with Crippen molar-refractivity contribution in [2.75, 3.05) is 0 Å². The highest BCUT2D eigenvalue weighted by Crippen LogP contribution is 2.40. The predicted octanol–water partition coefficient (Wildman–Crippen LogP) is 12.2. The minimum absolute atomic E-state index is 0.613. The van der Waals surface area contributed by atoms with Crippen LogP contribution in [0.2, 0.25) is 0 Å². The van der Waals surface area contributed by atoms with Gasteiger partial charge in [-0.15, -0.1) is 0 Å². The monoisotopic (exact) mass is 662 g/mol. The summed E-state index contributed by atoms with van der Waals surface area (Å²) < 4.78 is 0. The Morgan fingerprint density at radius 3 is 1.52 bits per heavy atom. The lowest BCUT2D eigenvalue weighted by Gasteiger charge is -2.14. The van der Waals surface area contributed by atoms with Crippen molar-refractivity contribution >= 4 is 32.3 Å². The zero-order chi connectivity index (χ0) is 34.4. The van der Waals surface area contributed by atoms with Gasteiger partial charge in [-0.3, -0.25) is 4.98 Å². The van der Waals surface area contributed by atoms with Gasteiger partial charge in [0.2, 0.25) is 0 Å². The SMILES string of the molecule is c1ccc(-c2ccc(-c3nc(-c4ccc(-c5ccc6ccc7cccc8ccc5c6c78)cc4)nc(-c4ccccc4-c4cccnc4)n3)cc2)cc1. The van der Waals surface area contributed by atoms with Crippen LogP contribution in [0.25, 0.3) is 99.9 Å². The zero-order valence-corrected chi connectivity index (χ0v) is 28.1. The smallest absolute Gasteiger partial charge is 0.164 e. The molecule has 0 spiro atoms. The summed E-state index contributed by atoms with van der Waals surface area (Å²) in [5.74, 6) is 1.86. The maximum absolute atomic E-state index is 5.12. The van der Waals surface area contributed by atoms with Gasteiger partial charge in [0.05, 0.1) is 0 Å². The Labute approximate surface area is 301 Å². The molecule has 4 heteroatoms. The average Bonchev–Trinajstić information content (AvgIpc) is 3.23.